The minimum atomic E-state index is -0.178. The van der Waals surface area contributed by atoms with Crippen LogP contribution >= 0.6 is 0 Å². The van der Waals surface area contributed by atoms with Crippen LogP contribution in [-0.4, -0.2) is 27.4 Å². The Morgan fingerprint density at radius 1 is 1.00 bits per heavy atom. The minimum absolute atomic E-state index is 0.178. The first-order valence-corrected chi connectivity index (χ1v) is 9.95. The Morgan fingerprint density at radius 2 is 1.84 bits per heavy atom. The molecule has 0 atom stereocenters. The zero-order valence-corrected chi connectivity index (χ0v) is 16.9. The summed E-state index contributed by atoms with van der Waals surface area (Å²) in [5.41, 5.74) is 5.22. The van der Waals surface area contributed by atoms with E-state index in [0.29, 0.717) is 12.2 Å². The van der Waals surface area contributed by atoms with Crippen LogP contribution in [0.15, 0.2) is 85.3 Å². The van der Waals surface area contributed by atoms with E-state index >= 15 is 0 Å². The molecule has 3 heterocycles. The molecule has 6 nitrogen and oxygen atoms in total. The van der Waals surface area contributed by atoms with Gasteiger partial charge >= 0.3 is 0 Å². The van der Waals surface area contributed by atoms with Crippen molar-refractivity contribution in [3.05, 3.63) is 96.6 Å². The minimum Gasteiger partial charge on any atom is -0.497 e. The highest BCUT2D eigenvalue weighted by atomic mass is 16.5. The molecule has 2 aromatic carbocycles. The number of rotatable bonds is 5. The van der Waals surface area contributed by atoms with Crippen LogP contribution in [0.4, 0.5) is 0 Å². The number of aromatic nitrogens is 3. The first kappa shape index (κ1) is 18.8. The fourth-order valence-corrected chi connectivity index (χ4v) is 3.59. The summed E-state index contributed by atoms with van der Waals surface area (Å²) in [6, 6.07) is 21.7. The van der Waals surface area contributed by atoms with Crippen molar-refractivity contribution in [2.75, 3.05) is 7.11 Å². The highest BCUT2D eigenvalue weighted by molar-refractivity contribution is 5.93. The molecule has 0 aliphatic rings. The lowest BCUT2D eigenvalue weighted by Gasteiger charge is -2.08. The van der Waals surface area contributed by atoms with E-state index in [1.807, 2.05) is 71.3 Å². The average Bonchev–Trinajstić information content (AvgIpc) is 3.26. The van der Waals surface area contributed by atoms with E-state index in [2.05, 4.69) is 21.4 Å². The van der Waals surface area contributed by atoms with Gasteiger partial charge in [0.15, 0.2) is 0 Å². The number of methoxy groups -OCH3 is 1. The van der Waals surface area contributed by atoms with E-state index < -0.39 is 0 Å². The third-order valence-corrected chi connectivity index (χ3v) is 5.29. The van der Waals surface area contributed by atoms with Gasteiger partial charge in [-0.1, -0.05) is 24.3 Å². The lowest BCUT2D eigenvalue weighted by atomic mass is 10.1. The second kappa shape index (κ2) is 7.91. The lowest BCUT2D eigenvalue weighted by molar-refractivity contribution is 0.0945. The van der Waals surface area contributed by atoms with Crippen LogP contribution in [-0.2, 0) is 6.54 Å². The number of carbonyl (C=O) groups is 1. The van der Waals surface area contributed by atoms with E-state index in [4.69, 9.17) is 4.74 Å². The number of carbonyl (C=O) groups excluding carboxylic acids is 1. The second-order valence-corrected chi connectivity index (χ2v) is 7.23. The smallest absolute Gasteiger partial charge is 0.270 e. The number of ether oxygens (including phenoxy) is 1. The van der Waals surface area contributed by atoms with E-state index in [0.717, 1.165) is 39.0 Å². The number of hydrogen-bond donors (Lipinski definition) is 1. The van der Waals surface area contributed by atoms with Gasteiger partial charge < -0.3 is 10.1 Å². The van der Waals surface area contributed by atoms with Gasteiger partial charge in [-0.3, -0.25) is 14.2 Å². The zero-order valence-electron chi connectivity index (χ0n) is 16.9. The monoisotopic (exact) mass is 408 g/mol. The van der Waals surface area contributed by atoms with E-state index in [9.17, 15) is 4.79 Å². The van der Waals surface area contributed by atoms with Crippen LogP contribution in [0.1, 0.15) is 16.1 Å². The van der Waals surface area contributed by atoms with Gasteiger partial charge in [0.25, 0.3) is 5.91 Å². The Kier molecular flexibility index (Phi) is 4.80. The van der Waals surface area contributed by atoms with Gasteiger partial charge in [-0.2, -0.15) is 0 Å². The number of nitrogens with one attached hydrogen (secondary N) is 1. The highest BCUT2D eigenvalue weighted by Crippen LogP contribution is 2.24. The molecule has 1 N–H and O–H groups in total. The molecule has 0 spiro atoms. The molecule has 0 radical (unpaired) electrons. The van der Waals surface area contributed by atoms with Crippen molar-refractivity contribution in [3.8, 4) is 16.9 Å². The third kappa shape index (κ3) is 3.71. The highest BCUT2D eigenvalue weighted by Gasteiger charge is 2.13. The molecule has 3 aromatic heterocycles. The average molecular weight is 408 g/mol. The Bertz CT molecular complexity index is 1390. The standard InChI is InChI=1S/C25H20N4O2/c1-31-21-8-4-17(5-9-21)14-28-25(30)23-15-27-24-11-7-20(16-29(23)24)18-6-10-22-19(13-18)3-2-12-26-22/h2-13,15-16H,14H2,1H3,(H,28,30). The van der Waals surface area contributed by atoms with Crippen molar-refractivity contribution in [1.82, 2.24) is 19.7 Å². The molecule has 0 aliphatic carbocycles. The number of benzene rings is 2. The Hall–Kier alpha value is -4.19. The van der Waals surface area contributed by atoms with Crippen molar-refractivity contribution in [2.24, 2.45) is 0 Å². The van der Waals surface area contributed by atoms with Crippen molar-refractivity contribution in [2.45, 2.75) is 6.54 Å². The van der Waals surface area contributed by atoms with Crippen LogP contribution in [0.25, 0.3) is 27.7 Å². The van der Waals surface area contributed by atoms with Crippen LogP contribution in [0.3, 0.4) is 0 Å². The maximum atomic E-state index is 12.8. The third-order valence-electron chi connectivity index (χ3n) is 5.29. The summed E-state index contributed by atoms with van der Waals surface area (Å²) in [6.07, 6.45) is 5.34. The van der Waals surface area contributed by atoms with E-state index in [-0.39, 0.29) is 5.91 Å². The molecule has 1 amide bonds. The molecular weight excluding hydrogens is 388 g/mol. The fraction of sp³-hybridized carbons (Fsp3) is 0.0800. The largest absolute Gasteiger partial charge is 0.497 e. The SMILES string of the molecule is COc1ccc(CNC(=O)c2cnc3ccc(-c4ccc5ncccc5c4)cn23)cc1. The lowest BCUT2D eigenvalue weighted by Crippen LogP contribution is -2.24. The number of amides is 1. The normalized spacial score (nSPS) is 11.0. The van der Waals surface area contributed by atoms with Gasteiger partial charge in [0.2, 0.25) is 0 Å². The van der Waals surface area contributed by atoms with Gasteiger partial charge in [-0.25, -0.2) is 4.98 Å². The van der Waals surface area contributed by atoms with Crippen LogP contribution in [0.2, 0.25) is 0 Å². The Balaban J connectivity index is 1.41. The first-order chi connectivity index (χ1) is 15.2. The maximum Gasteiger partial charge on any atom is 0.270 e. The molecule has 0 unspecified atom stereocenters. The van der Waals surface area contributed by atoms with Gasteiger partial charge in [-0.15, -0.1) is 0 Å². The van der Waals surface area contributed by atoms with E-state index in [1.54, 1.807) is 19.5 Å². The molecule has 0 saturated heterocycles. The predicted octanol–water partition coefficient (Wildman–Crippen LogP) is 4.49. The molecule has 5 rings (SSSR count). The van der Waals surface area contributed by atoms with Crippen LogP contribution in [0.5, 0.6) is 5.75 Å². The number of hydrogen-bond acceptors (Lipinski definition) is 4. The van der Waals surface area contributed by atoms with Gasteiger partial charge in [0.05, 0.1) is 18.8 Å². The molecule has 0 aliphatic heterocycles. The predicted molar refractivity (Wildman–Crippen MR) is 120 cm³/mol. The summed E-state index contributed by atoms with van der Waals surface area (Å²) >= 11 is 0. The number of fused-ring (bicyclic) bond motifs is 2. The maximum absolute atomic E-state index is 12.8. The van der Waals surface area contributed by atoms with Gasteiger partial charge in [0.1, 0.15) is 17.1 Å². The topological polar surface area (TPSA) is 68.5 Å². The molecule has 0 saturated carbocycles. The summed E-state index contributed by atoms with van der Waals surface area (Å²) < 4.78 is 7.00. The van der Waals surface area contributed by atoms with Crippen molar-refractivity contribution in [3.63, 3.8) is 0 Å². The van der Waals surface area contributed by atoms with Crippen molar-refractivity contribution < 1.29 is 9.53 Å². The Morgan fingerprint density at radius 3 is 2.68 bits per heavy atom. The summed E-state index contributed by atoms with van der Waals surface area (Å²) in [5, 5.41) is 4.04. The summed E-state index contributed by atoms with van der Waals surface area (Å²) in [4.78, 5) is 21.6. The molecule has 0 bridgehead atoms. The van der Waals surface area contributed by atoms with Crippen LogP contribution in [0, 0.1) is 0 Å². The molecule has 6 heteroatoms. The molecule has 5 aromatic rings. The summed E-state index contributed by atoms with van der Waals surface area (Å²) in [5.74, 6) is 0.608. The van der Waals surface area contributed by atoms with Crippen molar-refractivity contribution >= 4 is 22.5 Å². The summed E-state index contributed by atoms with van der Waals surface area (Å²) in [7, 11) is 1.63. The van der Waals surface area contributed by atoms with E-state index in [1.165, 1.54) is 0 Å². The van der Waals surface area contributed by atoms with Gasteiger partial charge in [-0.05, 0) is 59.2 Å². The zero-order chi connectivity index (χ0) is 21.2. The second-order valence-electron chi connectivity index (χ2n) is 7.23. The Labute approximate surface area is 179 Å². The number of nitrogens with zero attached hydrogens (tertiary/aromatic N) is 3. The molecule has 152 valence electrons. The number of pyridine rings is 2. The molecule has 31 heavy (non-hydrogen) atoms. The van der Waals surface area contributed by atoms with Gasteiger partial charge in [0, 0.05) is 24.3 Å². The number of imidazole rings is 1. The first-order valence-electron chi connectivity index (χ1n) is 9.95. The quantitative estimate of drug-likeness (QED) is 0.465. The fourth-order valence-electron chi connectivity index (χ4n) is 3.59. The van der Waals surface area contributed by atoms with Crippen LogP contribution < -0.4 is 10.1 Å². The molecule has 0 fully saturated rings. The van der Waals surface area contributed by atoms with Crippen molar-refractivity contribution in [1.29, 1.82) is 0 Å². The summed E-state index contributed by atoms with van der Waals surface area (Å²) in [6.45, 7) is 0.424. The molecular formula is C25H20N4O2.